The molecule has 2 saturated heterocycles. The number of rotatable bonds is 5. The molecule has 2 fully saturated rings. The van der Waals surface area contributed by atoms with Gasteiger partial charge in [0.25, 0.3) is 0 Å². The van der Waals surface area contributed by atoms with Crippen LogP contribution in [-0.4, -0.2) is 55.4 Å². The van der Waals surface area contributed by atoms with Crippen LogP contribution in [0.2, 0.25) is 0 Å². The van der Waals surface area contributed by atoms with Crippen molar-refractivity contribution in [2.24, 2.45) is 0 Å². The number of aliphatic hydroxyl groups is 1. The van der Waals surface area contributed by atoms with Gasteiger partial charge in [0.15, 0.2) is 6.29 Å². The minimum Gasteiger partial charge on any atom is -0.497 e. The number of amides is 1. The van der Waals surface area contributed by atoms with Crippen molar-refractivity contribution in [3.8, 4) is 11.5 Å². The molecule has 2 heterocycles. The van der Waals surface area contributed by atoms with Crippen LogP contribution in [0.3, 0.4) is 0 Å². The molecule has 0 bridgehead atoms. The Morgan fingerprint density at radius 3 is 2.43 bits per heavy atom. The molecule has 4 rings (SSSR count). The third kappa shape index (κ3) is 4.41. The zero-order valence-corrected chi connectivity index (χ0v) is 16.8. The van der Waals surface area contributed by atoms with Gasteiger partial charge in [0, 0.05) is 12.5 Å². The van der Waals surface area contributed by atoms with Crippen LogP contribution in [0.25, 0.3) is 0 Å². The van der Waals surface area contributed by atoms with E-state index in [4.69, 9.17) is 23.7 Å². The SMILES string of the molecule is COc1ccc(O[C@@H]2O[C@H]3CO[C@@H](c4ccccc4)O[C@@H]3[C@@H](O)[C@@H]2NC(C)=O)cc1. The Labute approximate surface area is 174 Å². The van der Waals surface area contributed by atoms with Crippen LogP contribution in [-0.2, 0) is 19.0 Å². The number of benzene rings is 2. The van der Waals surface area contributed by atoms with Crippen LogP contribution < -0.4 is 14.8 Å². The van der Waals surface area contributed by atoms with Gasteiger partial charge in [0.1, 0.15) is 35.9 Å². The number of aliphatic hydroxyl groups excluding tert-OH is 1. The van der Waals surface area contributed by atoms with Gasteiger partial charge >= 0.3 is 0 Å². The average molecular weight is 415 g/mol. The predicted molar refractivity (Wildman–Crippen MR) is 106 cm³/mol. The summed E-state index contributed by atoms with van der Waals surface area (Å²) in [4.78, 5) is 11.8. The van der Waals surface area contributed by atoms with Crippen molar-refractivity contribution in [3.05, 3.63) is 60.2 Å². The number of hydrogen-bond acceptors (Lipinski definition) is 7. The van der Waals surface area contributed by atoms with Gasteiger partial charge in [-0.2, -0.15) is 0 Å². The Morgan fingerprint density at radius 1 is 1.07 bits per heavy atom. The molecule has 2 N–H and O–H groups in total. The molecule has 2 aromatic rings. The summed E-state index contributed by atoms with van der Waals surface area (Å²) in [7, 11) is 1.58. The molecule has 8 heteroatoms. The average Bonchev–Trinajstić information content (AvgIpc) is 2.77. The van der Waals surface area contributed by atoms with Crippen molar-refractivity contribution in [3.63, 3.8) is 0 Å². The van der Waals surface area contributed by atoms with Crippen molar-refractivity contribution in [2.45, 2.75) is 43.9 Å². The van der Waals surface area contributed by atoms with E-state index in [0.29, 0.717) is 11.5 Å². The topological polar surface area (TPSA) is 95.5 Å². The molecule has 2 aliphatic heterocycles. The number of ether oxygens (including phenoxy) is 5. The number of carbonyl (C=O) groups is 1. The Balaban J connectivity index is 1.51. The molecular formula is C22H25NO7. The first-order chi connectivity index (χ1) is 14.5. The summed E-state index contributed by atoms with van der Waals surface area (Å²) in [6.45, 7) is 1.59. The Morgan fingerprint density at radius 2 is 1.77 bits per heavy atom. The van der Waals surface area contributed by atoms with Crippen molar-refractivity contribution in [1.29, 1.82) is 0 Å². The summed E-state index contributed by atoms with van der Waals surface area (Å²) in [6, 6.07) is 15.6. The zero-order valence-electron chi connectivity index (χ0n) is 16.8. The molecule has 0 aliphatic carbocycles. The summed E-state index contributed by atoms with van der Waals surface area (Å²) in [5.74, 6) is 0.893. The van der Waals surface area contributed by atoms with Crippen molar-refractivity contribution in [1.82, 2.24) is 5.32 Å². The molecular weight excluding hydrogens is 390 g/mol. The van der Waals surface area contributed by atoms with E-state index in [1.165, 1.54) is 6.92 Å². The van der Waals surface area contributed by atoms with E-state index in [1.54, 1.807) is 31.4 Å². The summed E-state index contributed by atoms with van der Waals surface area (Å²) in [6.07, 6.45) is -3.82. The quantitative estimate of drug-likeness (QED) is 0.769. The van der Waals surface area contributed by atoms with Crippen LogP contribution in [0.5, 0.6) is 11.5 Å². The summed E-state index contributed by atoms with van der Waals surface area (Å²) < 4.78 is 28.9. The van der Waals surface area contributed by atoms with Gasteiger partial charge in [-0.1, -0.05) is 30.3 Å². The monoisotopic (exact) mass is 415 g/mol. The lowest BCUT2D eigenvalue weighted by Gasteiger charge is -2.47. The van der Waals surface area contributed by atoms with Crippen LogP contribution >= 0.6 is 0 Å². The van der Waals surface area contributed by atoms with Gasteiger partial charge in [-0.15, -0.1) is 0 Å². The van der Waals surface area contributed by atoms with E-state index in [2.05, 4.69) is 5.32 Å². The smallest absolute Gasteiger partial charge is 0.223 e. The summed E-state index contributed by atoms with van der Waals surface area (Å²) in [5, 5.41) is 13.8. The molecule has 0 radical (unpaired) electrons. The van der Waals surface area contributed by atoms with E-state index in [0.717, 1.165) is 5.56 Å². The lowest BCUT2D eigenvalue weighted by atomic mass is 9.95. The minimum absolute atomic E-state index is 0.219. The number of hydrogen-bond donors (Lipinski definition) is 2. The number of nitrogens with one attached hydrogen (secondary N) is 1. The first-order valence-corrected chi connectivity index (χ1v) is 9.78. The zero-order chi connectivity index (χ0) is 21.1. The standard InChI is InChI=1S/C22H25NO7/c1-13(24)23-18-19(25)20-17(12-27-21(30-20)14-6-4-3-5-7-14)29-22(18)28-16-10-8-15(26-2)9-11-16/h3-11,17-22,25H,12H2,1-2H3,(H,23,24)/t17-,18-,19-,20-,21+,22+/m0/s1. The third-order valence-electron chi connectivity index (χ3n) is 5.12. The van der Waals surface area contributed by atoms with E-state index >= 15 is 0 Å². The second kappa shape index (κ2) is 9.01. The number of fused-ring (bicyclic) bond motifs is 1. The summed E-state index contributed by atoms with van der Waals surface area (Å²) in [5.41, 5.74) is 0.843. The maximum absolute atomic E-state index is 11.8. The van der Waals surface area contributed by atoms with E-state index in [9.17, 15) is 9.90 Å². The first-order valence-electron chi connectivity index (χ1n) is 9.78. The molecule has 160 valence electrons. The van der Waals surface area contributed by atoms with Gasteiger partial charge in [0.2, 0.25) is 12.2 Å². The third-order valence-corrected chi connectivity index (χ3v) is 5.12. The molecule has 2 aliphatic rings. The first kappa shape index (κ1) is 20.6. The van der Waals surface area contributed by atoms with Gasteiger partial charge in [-0.3, -0.25) is 4.79 Å². The molecule has 1 amide bonds. The number of carbonyl (C=O) groups excluding carboxylic acids is 1. The van der Waals surface area contributed by atoms with Crippen LogP contribution in [0.1, 0.15) is 18.8 Å². The molecule has 0 unspecified atom stereocenters. The van der Waals surface area contributed by atoms with Crippen LogP contribution in [0.4, 0.5) is 0 Å². The Kier molecular flexibility index (Phi) is 6.19. The molecule has 0 saturated carbocycles. The van der Waals surface area contributed by atoms with Crippen molar-refractivity contribution in [2.75, 3.05) is 13.7 Å². The lowest BCUT2D eigenvalue weighted by Crippen LogP contribution is -2.67. The van der Waals surface area contributed by atoms with E-state index in [1.807, 2.05) is 30.3 Å². The van der Waals surface area contributed by atoms with Crippen LogP contribution in [0, 0.1) is 0 Å². The second-order valence-corrected chi connectivity index (χ2v) is 7.23. The van der Waals surface area contributed by atoms with Crippen LogP contribution in [0.15, 0.2) is 54.6 Å². The molecule has 8 nitrogen and oxygen atoms in total. The Bertz CT molecular complexity index is 844. The molecule has 0 spiro atoms. The highest BCUT2D eigenvalue weighted by atomic mass is 16.7. The molecule has 0 aromatic heterocycles. The summed E-state index contributed by atoms with van der Waals surface area (Å²) >= 11 is 0. The fourth-order valence-corrected chi connectivity index (χ4v) is 3.65. The molecule has 30 heavy (non-hydrogen) atoms. The van der Waals surface area contributed by atoms with Crippen molar-refractivity contribution < 1.29 is 33.6 Å². The molecule has 2 aromatic carbocycles. The fourth-order valence-electron chi connectivity index (χ4n) is 3.65. The highest BCUT2D eigenvalue weighted by molar-refractivity contribution is 5.73. The highest BCUT2D eigenvalue weighted by Crippen LogP contribution is 2.35. The lowest BCUT2D eigenvalue weighted by molar-refractivity contribution is -0.333. The minimum atomic E-state index is -1.05. The van der Waals surface area contributed by atoms with Gasteiger partial charge in [0.05, 0.1) is 13.7 Å². The highest BCUT2D eigenvalue weighted by Gasteiger charge is 2.50. The van der Waals surface area contributed by atoms with Crippen molar-refractivity contribution >= 4 is 5.91 Å². The Hall–Kier alpha value is -2.65. The van der Waals surface area contributed by atoms with Gasteiger partial charge in [-0.25, -0.2) is 0 Å². The fraction of sp³-hybridized carbons (Fsp3) is 0.409. The van der Waals surface area contributed by atoms with Gasteiger partial charge < -0.3 is 34.1 Å². The molecule has 6 atom stereocenters. The predicted octanol–water partition coefficient (Wildman–Crippen LogP) is 1.78. The second-order valence-electron chi connectivity index (χ2n) is 7.23. The normalized spacial score (nSPS) is 30.8. The maximum atomic E-state index is 11.8. The number of methoxy groups -OCH3 is 1. The van der Waals surface area contributed by atoms with Gasteiger partial charge in [-0.05, 0) is 24.3 Å². The maximum Gasteiger partial charge on any atom is 0.223 e. The van der Waals surface area contributed by atoms with E-state index < -0.39 is 36.9 Å². The largest absolute Gasteiger partial charge is 0.497 e. The van der Waals surface area contributed by atoms with E-state index in [-0.39, 0.29) is 12.5 Å².